The lowest BCUT2D eigenvalue weighted by atomic mass is 10.00. The van der Waals surface area contributed by atoms with Crippen LogP contribution in [0.15, 0.2) is 18.2 Å². The van der Waals surface area contributed by atoms with Crippen molar-refractivity contribution in [2.24, 2.45) is 0 Å². The molecule has 0 unspecified atom stereocenters. The van der Waals surface area contributed by atoms with Crippen molar-refractivity contribution in [2.45, 2.75) is 99.8 Å². The van der Waals surface area contributed by atoms with E-state index < -0.39 is 104 Å². The van der Waals surface area contributed by atoms with Crippen LogP contribution in [0.25, 0.3) is 0 Å². The Morgan fingerprint density at radius 3 is 1.33 bits per heavy atom. The van der Waals surface area contributed by atoms with Crippen molar-refractivity contribution in [3.63, 3.8) is 0 Å². The van der Waals surface area contributed by atoms with Crippen molar-refractivity contribution in [3.8, 4) is 11.5 Å². The molecule has 0 fully saturated rings. The summed E-state index contributed by atoms with van der Waals surface area (Å²) in [7, 11) is 0. The number of Topliss-reactive ketones (excluding diaryl/α,β-unsaturated/α-hetero) is 1. The fraction of sp³-hybridized carbons (Fsp3) is 0.720. The molecular weight excluding hydrogens is 690 g/mol. The summed E-state index contributed by atoms with van der Waals surface area (Å²) in [5.41, 5.74) is -0.182. The fourth-order valence-corrected chi connectivity index (χ4v) is 3.48. The zero-order valence-electron chi connectivity index (χ0n) is 23.1. The van der Waals surface area contributed by atoms with Gasteiger partial charge < -0.3 is 9.47 Å². The highest BCUT2D eigenvalue weighted by molar-refractivity contribution is 5.96. The van der Waals surface area contributed by atoms with Gasteiger partial charge in [-0.25, -0.2) is 0 Å². The summed E-state index contributed by atoms with van der Waals surface area (Å²) in [5, 5.41) is 0. The predicted molar refractivity (Wildman–Crippen MR) is 122 cm³/mol. The average Bonchev–Trinajstić information content (AvgIpc) is 2.90. The fourth-order valence-electron chi connectivity index (χ4n) is 3.48. The van der Waals surface area contributed by atoms with Gasteiger partial charge in [0, 0.05) is 24.8 Å². The van der Waals surface area contributed by atoms with E-state index in [4.69, 9.17) is 9.47 Å². The summed E-state index contributed by atoms with van der Waals surface area (Å²) in [6.07, 6.45) is -20.5. The molecule has 21 heteroatoms. The summed E-state index contributed by atoms with van der Waals surface area (Å²) >= 11 is 0. The van der Waals surface area contributed by atoms with Crippen LogP contribution < -0.4 is 9.47 Å². The van der Waals surface area contributed by atoms with E-state index in [-0.39, 0.29) is 12.0 Å². The molecule has 0 heterocycles. The van der Waals surface area contributed by atoms with E-state index in [0.29, 0.717) is 12.8 Å². The molecule has 0 spiro atoms. The normalized spacial score (nSPS) is 14.4. The Kier molecular flexibility index (Phi) is 12.7. The molecule has 0 saturated carbocycles. The number of halogens is 18. The van der Waals surface area contributed by atoms with E-state index in [9.17, 15) is 83.8 Å². The summed E-state index contributed by atoms with van der Waals surface area (Å²) in [6.45, 7) is -0.575. The standard InChI is InChI=1S/C25H24F18O3/c1-2-3-6-15(44)14-7-8-16(45-11-4-9-18(26,27)20(30,31)22(34,35)24(38,39)40)17(13-14)46-12-5-10-19(28,29)21(32,33)23(36,37)25(41,42)43/h7-8,13H,2-6,9-12H2,1H3. The van der Waals surface area contributed by atoms with Crippen LogP contribution in [0.1, 0.15) is 62.2 Å². The van der Waals surface area contributed by atoms with Gasteiger partial charge in [0.15, 0.2) is 17.3 Å². The average molecular weight is 714 g/mol. The minimum Gasteiger partial charge on any atom is -0.490 e. The molecule has 0 aliphatic rings. The molecule has 0 bridgehead atoms. The topological polar surface area (TPSA) is 35.5 Å². The molecule has 1 rings (SSSR count). The van der Waals surface area contributed by atoms with Gasteiger partial charge in [-0.1, -0.05) is 13.3 Å². The van der Waals surface area contributed by atoms with Gasteiger partial charge in [0.1, 0.15) is 0 Å². The molecule has 0 aliphatic carbocycles. The van der Waals surface area contributed by atoms with Crippen molar-refractivity contribution >= 4 is 5.78 Å². The SMILES string of the molecule is CCCCC(=O)c1ccc(OCCCC(F)(F)C(F)(F)C(F)(F)C(F)(F)F)c(OCCCC(F)(F)C(F)(F)C(F)(F)C(F)(F)F)c1. The Balaban J connectivity index is 3.08. The maximum Gasteiger partial charge on any atom is 0.460 e. The summed E-state index contributed by atoms with van der Waals surface area (Å²) < 4.78 is 244. The van der Waals surface area contributed by atoms with Crippen LogP contribution in [0.2, 0.25) is 0 Å². The van der Waals surface area contributed by atoms with Crippen molar-refractivity contribution in [1.82, 2.24) is 0 Å². The smallest absolute Gasteiger partial charge is 0.460 e. The predicted octanol–water partition coefficient (Wildman–Crippen LogP) is 10.3. The van der Waals surface area contributed by atoms with Crippen LogP contribution in [-0.2, 0) is 0 Å². The van der Waals surface area contributed by atoms with Crippen LogP contribution in [-0.4, -0.2) is 66.9 Å². The molecule has 0 N–H and O–H groups in total. The molecule has 0 saturated heterocycles. The third kappa shape index (κ3) is 8.57. The lowest BCUT2D eigenvalue weighted by Crippen LogP contribution is -2.60. The highest BCUT2D eigenvalue weighted by Gasteiger charge is 2.82. The lowest BCUT2D eigenvalue weighted by molar-refractivity contribution is -0.396. The largest absolute Gasteiger partial charge is 0.490 e. The van der Waals surface area contributed by atoms with Gasteiger partial charge in [0.05, 0.1) is 13.2 Å². The second kappa shape index (κ2) is 14.1. The van der Waals surface area contributed by atoms with Crippen LogP contribution in [0.5, 0.6) is 11.5 Å². The summed E-state index contributed by atoms with van der Waals surface area (Å²) in [6, 6.07) is 2.69. The van der Waals surface area contributed by atoms with Crippen LogP contribution in [0.4, 0.5) is 79.0 Å². The van der Waals surface area contributed by atoms with E-state index >= 15 is 0 Å². The number of ether oxygens (including phenoxy) is 2. The Labute approximate surface area is 248 Å². The third-order valence-electron chi connectivity index (χ3n) is 6.23. The van der Waals surface area contributed by atoms with Gasteiger partial charge in [0.25, 0.3) is 0 Å². The Morgan fingerprint density at radius 2 is 0.957 bits per heavy atom. The minimum absolute atomic E-state index is 0.0727. The van der Waals surface area contributed by atoms with Crippen LogP contribution in [0, 0.1) is 0 Å². The lowest BCUT2D eigenvalue weighted by Gasteiger charge is -2.33. The van der Waals surface area contributed by atoms with Gasteiger partial charge >= 0.3 is 47.9 Å². The first-order chi connectivity index (χ1) is 20.5. The monoisotopic (exact) mass is 714 g/mol. The first kappa shape index (κ1) is 41.3. The molecule has 1 aromatic rings. The van der Waals surface area contributed by atoms with Crippen LogP contribution >= 0.6 is 0 Å². The second-order valence-electron chi connectivity index (χ2n) is 9.79. The summed E-state index contributed by atoms with van der Waals surface area (Å²) in [4.78, 5) is 12.3. The number of unbranched alkanes of at least 4 members (excludes halogenated alkanes) is 1. The molecule has 0 amide bonds. The molecular formula is C25H24F18O3. The number of carbonyl (C=O) groups is 1. The van der Waals surface area contributed by atoms with Crippen LogP contribution in [0.3, 0.4) is 0 Å². The van der Waals surface area contributed by atoms with Crippen molar-refractivity contribution in [2.75, 3.05) is 13.2 Å². The van der Waals surface area contributed by atoms with Crippen molar-refractivity contribution in [3.05, 3.63) is 23.8 Å². The minimum atomic E-state index is -7.14. The number of benzene rings is 1. The van der Waals surface area contributed by atoms with Gasteiger partial charge in [-0.3, -0.25) is 4.79 Å². The summed E-state index contributed by atoms with van der Waals surface area (Å²) in [5.74, 6) is -41.8. The van der Waals surface area contributed by atoms with Crippen molar-refractivity contribution < 1.29 is 93.3 Å². The first-order valence-electron chi connectivity index (χ1n) is 12.8. The van der Waals surface area contributed by atoms with E-state index in [1.807, 2.05) is 0 Å². The van der Waals surface area contributed by atoms with Crippen molar-refractivity contribution in [1.29, 1.82) is 0 Å². The molecule has 268 valence electrons. The van der Waals surface area contributed by atoms with Gasteiger partial charge in [-0.15, -0.1) is 0 Å². The molecule has 0 radical (unpaired) electrons. The van der Waals surface area contributed by atoms with Gasteiger partial charge in [-0.05, 0) is 37.5 Å². The number of hydrogen-bond acceptors (Lipinski definition) is 3. The molecule has 46 heavy (non-hydrogen) atoms. The highest BCUT2D eigenvalue weighted by atomic mass is 19.4. The zero-order chi connectivity index (χ0) is 36.2. The number of ketones is 1. The van der Waals surface area contributed by atoms with Gasteiger partial charge in [0.2, 0.25) is 0 Å². The highest BCUT2D eigenvalue weighted by Crippen LogP contribution is 2.55. The van der Waals surface area contributed by atoms with E-state index in [1.54, 1.807) is 6.92 Å². The molecule has 0 atom stereocenters. The number of alkyl halides is 18. The maximum absolute atomic E-state index is 13.8. The van der Waals surface area contributed by atoms with E-state index in [2.05, 4.69) is 0 Å². The number of hydrogen-bond donors (Lipinski definition) is 0. The Bertz CT molecular complexity index is 1160. The van der Waals surface area contributed by atoms with Gasteiger partial charge in [-0.2, -0.15) is 79.0 Å². The first-order valence-corrected chi connectivity index (χ1v) is 12.8. The van der Waals surface area contributed by atoms with E-state index in [1.165, 1.54) is 0 Å². The number of carbonyl (C=O) groups excluding carboxylic acids is 1. The molecule has 0 aliphatic heterocycles. The van der Waals surface area contributed by atoms with E-state index in [0.717, 1.165) is 18.2 Å². The third-order valence-corrected chi connectivity index (χ3v) is 6.23. The maximum atomic E-state index is 13.8. The molecule has 1 aromatic carbocycles. The Morgan fingerprint density at radius 1 is 0.565 bits per heavy atom. The molecule has 3 nitrogen and oxygen atoms in total. The second-order valence-corrected chi connectivity index (χ2v) is 9.79. The number of rotatable bonds is 18. The zero-order valence-corrected chi connectivity index (χ0v) is 23.1. The molecule has 0 aromatic heterocycles. The quantitative estimate of drug-likeness (QED) is 0.0863. The Hall–Kier alpha value is -2.77.